The minimum atomic E-state index is -4.17. The maximum atomic E-state index is 11.8. The molecule has 0 unspecified atom stereocenters. The van der Waals surface area contributed by atoms with E-state index in [0.717, 1.165) is 0 Å². The average Bonchev–Trinajstić information content (AvgIpc) is 2.00. The van der Waals surface area contributed by atoms with E-state index in [0.29, 0.717) is 16.7 Å². The molecule has 1 aromatic rings. The molecule has 0 bridgehead atoms. The summed E-state index contributed by atoms with van der Waals surface area (Å²) in [6.07, 6.45) is -4.17. The van der Waals surface area contributed by atoms with Gasteiger partial charge in [0.05, 0.1) is 5.75 Å². The Balaban J connectivity index is 2.55. The molecule has 1 aromatic carbocycles. The van der Waals surface area contributed by atoms with E-state index in [2.05, 4.69) is 0 Å². The highest BCUT2D eigenvalue weighted by Crippen LogP contribution is 2.28. The molecule has 72 valence electrons. The number of phenolic OH excluding ortho intramolecular Hbond substituents is 1. The Bertz CT molecular complexity index is 285. The first-order valence-electron chi connectivity index (χ1n) is 3.46. The molecule has 1 rings (SSSR count). The Labute approximate surface area is 77.6 Å². The molecule has 1 nitrogen and oxygen atoms in total. The van der Waals surface area contributed by atoms with Crippen LogP contribution in [0.5, 0.6) is 5.75 Å². The molecule has 1 N–H and O–H groups in total. The lowest BCUT2D eigenvalue weighted by Gasteiger charge is -2.05. The van der Waals surface area contributed by atoms with E-state index in [-0.39, 0.29) is 5.75 Å². The highest BCUT2D eigenvalue weighted by Gasteiger charge is 2.27. The van der Waals surface area contributed by atoms with E-state index < -0.39 is 11.9 Å². The number of halogens is 3. The highest BCUT2D eigenvalue weighted by atomic mass is 32.2. The van der Waals surface area contributed by atoms with Crippen LogP contribution in [0, 0.1) is 0 Å². The van der Waals surface area contributed by atoms with Gasteiger partial charge < -0.3 is 5.11 Å². The van der Waals surface area contributed by atoms with Gasteiger partial charge in [0.25, 0.3) is 0 Å². The number of aromatic hydroxyl groups is 1. The SMILES string of the molecule is Oc1cccc(SCC(F)(F)F)c1. The monoisotopic (exact) mass is 208 g/mol. The van der Waals surface area contributed by atoms with Gasteiger partial charge in [0, 0.05) is 4.90 Å². The molecule has 5 heteroatoms. The lowest BCUT2D eigenvalue weighted by Crippen LogP contribution is -2.10. The molecule has 13 heavy (non-hydrogen) atoms. The molecule has 0 aliphatic carbocycles. The summed E-state index contributed by atoms with van der Waals surface area (Å²) in [6.45, 7) is 0. The van der Waals surface area contributed by atoms with Crippen LogP contribution in [-0.4, -0.2) is 17.0 Å². The van der Waals surface area contributed by atoms with Crippen LogP contribution >= 0.6 is 11.8 Å². The first kappa shape index (κ1) is 10.2. The Morgan fingerprint density at radius 2 is 2.00 bits per heavy atom. The number of phenols is 1. The van der Waals surface area contributed by atoms with Gasteiger partial charge in [-0.15, -0.1) is 11.8 Å². The van der Waals surface area contributed by atoms with E-state index in [9.17, 15) is 13.2 Å². The lowest BCUT2D eigenvalue weighted by atomic mass is 10.3. The van der Waals surface area contributed by atoms with E-state index in [1.165, 1.54) is 24.3 Å². The minimum Gasteiger partial charge on any atom is -0.508 e. The second-order valence-corrected chi connectivity index (χ2v) is 3.45. The second kappa shape index (κ2) is 3.91. The summed E-state index contributed by atoms with van der Waals surface area (Å²) in [7, 11) is 0. The van der Waals surface area contributed by atoms with Crippen molar-refractivity contribution < 1.29 is 18.3 Å². The molecule has 0 saturated heterocycles. The summed E-state index contributed by atoms with van der Waals surface area (Å²) in [4.78, 5) is 0.414. The molecule has 0 aromatic heterocycles. The van der Waals surface area contributed by atoms with Gasteiger partial charge in [0.1, 0.15) is 5.75 Å². The van der Waals surface area contributed by atoms with E-state index >= 15 is 0 Å². The third-order valence-corrected chi connectivity index (χ3v) is 2.28. The minimum absolute atomic E-state index is 0.0211. The van der Waals surface area contributed by atoms with Gasteiger partial charge in [-0.2, -0.15) is 13.2 Å². The van der Waals surface area contributed by atoms with Gasteiger partial charge in [-0.3, -0.25) is 0 Å². The van der Waals surface area contributed by atoms with Crippen molar-refractivity contribution in [2.24, 2.45) is 0 Å². The summed E-state index contributed by atoms with van der Waals surface area (Å²) >= 11 is 0.657. The Morgan fingerprint density at radius 1 is 1.31 bits per heavy atom. The first-order chi connectivity index (χ1) is 5.97. The number of benzene rings is 1. The van der Waals surface area contributed by atoms with Gasteiger partial charge in [0.2, 0.25) is 0 Å². The Kier molecular flexibility index (Phi) is 3.08. The van der Waals surface area contributed by atoms with Crippen LogP contribution in [0.1, 0.15) is 0 Å². The van der Waals surface area contributed by atoms with Crippen molar-refractivity contribution in [1.82, 2.24) is 0 Å². The Hall–Kier alpha value is -0.840. The zero-order valence-corrected chi connectivity index (χ0v) is 7.32. The summed E-state index contributed by atoms with van der Waals surface area (Å²) in [6, 6.07) is 5.75. The number of rotatable bonds is 2. The van der Waals surface area contributed by atoms with Gasteiger partial charge in [0.15, 0.2) is 0 Å². The van der Waals surface area contributed by atoms with Crippen LogP contribution < -0.4 is 0 Å². The van der Waals surface area contributed by atoms with E-state index in [1.807, 2.05) is 0 Å². The van der Waals surface area contributed by atoms with Crippen molar-refractivity contribution in [2.45, 2.75) is 11.1 Å². The fourth-order valence-corrected chi connectivity index (χ4v) is 1.45. The zero-order chi connectivity index (χ0) is 9.90. The molecular formula is C8H7F3OS. The van der Waals surface area contributed by atoms with Gasteiger partial charge in [-0.05, 0) is 18.2 Å². The van der Waals surface area contributed by atoms with Crippen molar-refractivity contribution in [3.8, 4) is 5.75 Å². The fraction of sp³-hybridized carbons (Fsp3) is 0.250. The van der Waals surface area contributed by atoms with Crippen LogP contribution in [0.4, 0.5) is 13.2 Å². The topological polar surface area (TPSA) is 20.2 Å². The largest absolute Gasteiger partial charge is 0.508 e. The quantitative estimate of drug-likeness (QED) is 0.754. The number of alkyl halides is 3. The number of thioether (sulfide) groups is 1. The normalized spacial score (nSPS) is 11.6. The highest BCUT2D eigenvalue weighted by molar-refractivity contribution is 7.99. The van der Waals surface area contributed by atoms with Crippen molar-refractivity contribution in [3.63, 3.8) is 0 Å². The van der Waals surface area contributed by atoms with Crippen molar-refractivity contribution in [1.29, 1.82) is 0 Å². The fourth-order valence-electron chi connectivity index (χ4n) is 0.738. The van der Waals surface area contributed by atoms with Gasteiger partial charge >= 0.3 is 6.18 Å². The van der Waals surface area contributed by atoms with Crippen molar-refractivity contribution in [2.75, 3.05) is 5.75 Å². The summed E-state index contributed by atoms with van der Waals surface area (Å²) < 4.78 is 35.3. The summed E-state index contributed by atoms with van der Waals surface area (Å²) in [5.74, 6) is -0.955. The second-order valence-electron chi connectivity index (χ2n) is 2.40. The molecule has 0 fully saturated rings. The first-order valence-corrected chi connectivity index (χ1v) is 4.44. The van der Waals surface area contributed by atoms with Crippen LogP contribution in [-0.2, 0) is 0 Å². The van der Waals surface area contributed by atoms with Crippen LogP contribution in [0.3, 0.4) is 0 Å². The molecule has 0 amide bonds. The molecular weight excluding hydrogens is 201 g/mol. The van der Waals surface area contributed by atoms with Gasteiger partial charge in [-0.1, -0.05) is 6.07 Å². The zero-order valence-electron chi connectivity index (χ0n) is 6.51. The van der Waals surface area contributed by atoms with E-state index in [4.69, 9.17) is 5.11 Å². The molecule has 0 heterocycles. The molecule has 0 aliphatic rings. The summed E-state index contributed by atoms with van der Waals surface area (Å²) in [5.41, 5.74) is 0. The third-order valence-electron chi connectivity index (χ3n) is 1.22. The predicted molar refractivity (Wildman–Crippen MR) is 44.9 cm³/mol. The maximum Gasteiger partial charge on any atom is 0.398 e. The van der Waals surface area contributed by atoms with E-state index in [1.54, 1.807) is 0 Å². The number of hydrogen-bond acceptors (Lipinski definition) is 2. The third kappa shape index (κ3) is 4.07. The van der Waals surface area contributed by atoms with Crippen molar-refractivity contribution in [3.05, 3.63) is 24.3 Å². The van der Waals surface area contributed by atoms with Crippen LogP contribution in [0.15, 0.2) is 29.2 Å². The molecule has 0 saturated carbocycles. The predicted octanol–water partition coefficient (Wildman–Crippen LogP) is 3.05. The van der Waals surface area contributed by atoms with Crippen LogP contribution in [0.25, 0.3) is 0 Å². The lowest BCUT2D eigenvalue weighted by molar-refractivity contribution is -0.105. The van der Waals surface area contributed by atoms with Crippen LogP contribution in [0.2, 0.25) is 0 Å². The number of hydrogen-bond donors (Lipinski definition) is 1. The maximum absolute atomic E-state index is 11.8. The standard InChI is InChI=1S/C8H7F3OS/c9-8(10,11)5-13-7-3-1-2-6(12)4-7/h1-4,12H,5H2. The average molecular weight is 208 g/mol. The van der Waals surface area contributed by atoms with Gasteiger partial charge in [-0.25, -0.2) is 0 Å². The molecule has 0 atom stereocenters. The smallest absolute Gasteiger partial charge is 0.398 e. The molecule has 0 radical (unpaired) electrons. The Morgan fingerprint density at radius 3 is 2.54 bits per heavy atom. The molecule has 0 spiro atoms. The van der Waals surface area contributed by atoms with Crippen molar-refractivity contribution >= 4 is 11.8 Å². The summed E-state index contributed by atoms with van der Waals surface area (Å²) in [5, 5.41) is 8.95. The molecule has 0 aliphatic heterocycles.